The van der Waals surface area contributed by atoms with Crippen molar-refractivity contribution in [1.82, 2.24) is 15.5 Å². The first-order chi connectivity index (χ1) is 7.63. The summed E-state index contributed by atoms with van der Waals surface area (Å²) in [5.74, 6) is 0.990. The number of nitrogens with zero attached hydrogens (tertiary/aromatic N) is 3. The third-order valence-electron chi connectivity index (χ3n) is 3.14. The van der Waals surface area contributed by atoms with Crippen molar-refractivity contribution >= 4 is 5.82 Å². The standard InChI is InChI=1S/C12H20N4/c1-4-10-5-6-11(15-14-10)16-8-7-13-9-12(16,2)3/h5-6,13H,4,7-9H2,1-3H3. The van der Waals surface area contributed by atoms with Crippen molar-refractivity contribution < 1.29 is 0 Å². The smallest absolute Gasteiger partial charge is 0.151 e. The molecule has 2 heterocycles. The molecule has 0 unspecified atom stereocenters. The molecular formula is C12H20N4. The van der Waals surface area contributed by atoms with Crippen molar-refractivity contribution in [3.8, 4) is 0 Å². The van der Waals surface area contributed by atoms with Gasteiger partial charge in [-0.1, -0.05) is 6.92 Å². The van der Waals surface area contributed by atoms with Gasteiger partial charge in [-0.05, 0) is 32.4 Å². The number of aryl methyl sites for hydroxylation is 1. The van der Waals surface area contributed by atoms with Gasteiger partial charge in [0.1, 0.15) is 0 Å². The highest BCUT2D eigenvalue weighted by molar-refractivity contribution is 5.41. The minimum Gasteiger partial charge on any atom is -0.347 e. The monoisotopic (exact) mass is 220 g/mol. The molecule has 88 valence electrons. The second-order valence-electron chi connectivity index (χ2n) is 4.88. The van der Waals surface area contributed by atoms with E-state index >= 15 is 0 Å². The van der Waals surface area contributed by atoms with Gasteiger partial charge in [0.2, 0.25) is 0 Å². The van der Waals surface area contributed by atoms with Crippen molar-refractivity contribution in [1.29, 1.82) is 0 Å². The van der Waals surface area contributed by atoms with Crippen molar-refractivity contribution in [2.75, 3.05) is 24.5 Å². The number of piperazine rings is 1. The van der Waals surface area contributed by atoms with Gasteiger partial charge in [0.15, 0.2) is 5.82 Å². The normalized spacial score (nSPS) is 19.8. The van der Waals surface area contributed by atoms with E-state index in [1.807, 2.05) is 0 Å². The zero-order valence-corrected chi connectivity index (χ0v) is 10.3. The largest absolute Gasteiger partial charge is 0.347 e. The number of rotatable bonds is 2. The van der Waals surface area contributed by atoms with E-state index in [9.17, 15) is 0 Å². The minimum absolute atomic E-state index is 0.112. The molecule has 0 radical (unpaired) electrons. The average Bonchev–Trinajstić information content (AvgIpc) is 2.29. The van der Waals surface area contributed by atoms with Gasteiger partial charge in [0.25, 0.3) is 0 Å². The Bertz CT molecular complexity index is 345. The lowest BCUT2D eigenvalue weighted by Crippen LogP contribution is -2.58. The summed E-state index contributed by atoms with van der Waals surface area (Å²) in [7, 11) is 0. The van der Waals surface area contributed by atoms with E-state index in [1.165, 1.54) is 0 Å². The Hall–Kier alpha value is -1.16. The van der Waals surface area contributed by atoms with E-state index in [0.717, 1.165) is 37.6 Å². The number of nitrogens with one attached hydrogen (secondary N) is 1. The van der Waals surface area contributed by atoms with Crippen molar-refractivity contribution in [3.05, 3.63) is 17.8 Å². The molecule has 1 N–H and O–H groups in total. The first kappa shape index (κ1) is 11.3. The fraction of sp³-hybridized carbons (Fsp3) is 0.667. The molecule has 0 atom stereocenters. The van der Waals surface area contributed by atoms with Gasteiger partial charge in [-0.25, -0.2) is 0 Å². The van der Waals surface area contributed by atoms with Gasteiger partial charge in [-0.3, -0.25) is 0 Å². The predicted octanol–water partition coefficient (Wildman–Crippen LogP) is 1.23. The molecule has 4 nitrogen and oxygen atoms in total. The van der Waals surface area contributed by atoms with Crippen LogP contribution in [0.25, 0.3) is 0 Å². The van der Waals surface area contributed by atoms with Crippen LogP contribution in [0, 0.1) is 0 Å². The molecule has 4 heteroatoms. The topological polar surface area (TPSA) is 41.0 Å². The van der Waals surface area contributed by atoms with Crippen molar-refractivity contribution in [2.24, 2.45) is 0 Å². The van der Waals surface area contributed by atoms with Crippen LogP contribution in [0.15, 0.2) is 12.1 Å². The number of hydrogen-bond acceptors (Lipinski definition) is 4. The molecule has 1 saturated heterocycles. The highest BCUT2D eigenvalue weighted by atomic mass is 15.3. The molecule has 1 aromatic heterocycles. The van der Waals surface area contributed by atoms with Crippen LogP contribution in [0.3, 0.4) is 0 Å². The van der Waals surface area contributed by atoms with Gasteiger partial charge in [0.05, 0.1) is 5.69 Å². The Morgan fingerprint density at radius 2 is 2.19 bits per heavy atom. The highest BCUT2D eigenvalue weighted by Gasteiger charge is 2.30. The number of aromatic nitrogens is 2. The summed E-state index contributed by atoms with van der Waals surface area (Å²) >= 11 is 0. The summed E-state index contributed by atoms with van der Waals surface area (Å²) in [6.07, 6.45) is 0.943. The second kappa shape index (κ2) is 4.37. The van der Waals surface area contributed by atoms with E-state index < -0.39 is 0 Å². The molecule has 0 aromatic carbocycles. The van der Waals surface area contributed by atoms with Crippen LogP contribution < -0.4 is 10.2 Å². The highest BCUT2D eigenvalue weighted by Crippen LogP contribution is 2.22. The van der Waals surface area contributed by atoms with Crippen molar-refractivity contribution in [3.63, 3.8) is 0 Å². The van der Waals surface area contributed by atoms with Gasteiger partial charge in [-0.2, -0.15) is 5.10 Å². The Balaban J connectivity index is 2.21. The lowest BCUT2D eigenvalue weighted by atomic mass is 10.0. The van der Waals surface area contributed by atoms with Gasteiger partial charge in [-0.15, -0.1) is 5.10 Å². The molecule has 0 aliphatic carbocycles. The molecular weight excluding hydrogens is 200 g/mol. The lowest BCUT2D eigenvalue weighted by Gasteiger charge is -2.43. The zero-order valence-electron chi connectivity index (χ0n) is 10.3. The summed E-state index contributed by atoms with van der Waals surface area (Å²) in [5.41, 5.74) is 1.16. The maximum absolute atomic E-state index is 4.32. The minimum atomic E-state index is 0.112. The summed E-state index contributed by atoms with van der Waals surface area (Å²) in [4.78, 5) is 2.33. The summed E-state index contributed by atoms with van der Waals surface area (Å²) < 4.78 is 0. The Morgan fingerprint density at radius 3 is 2.75 bits per heavy atom. The Labute approximate surface area is 97.1 Å². The third kappa shape index (κ3) is 2.16. The fourth-order valence-corrected chi connectivity index (χ4v) is 2.09. The van der Waals surface area contributed by atoms with Crippen LogP contribution in [0.4, 0.5) is 5.82 Å². The van der Waals surface area contributed by atoms with E-state index in [0.29, 0.717) is 0 Å². The molecule has 1 aromatic rings. The number of anilines is 1. The maximum Gasteiger partial charge on any atom is 0.151 e. The third-order valence-corrected chi connectivity index (χ3v) is 3.14. The Kier molecular flexibility index (Phi) is 3.10. The quantitative estimate of drug-likeness (QED) is 0.814. The van der Waals surface area contributed by atoms with Crippen LogP contribution in [0.5, 0.6) is 0 Å². The van der Waals surface area contributed by atoms with E-state index in [1.54, 1.807) is 0 Å². The molecule has 1 aliphatic heterocycles. The Morgan fingerprint density at radius 1 is 1.38 bits per heavy atom. The predicted molar refractivity (Wildman–Crippen MR) is 65.7 cm³/mol. The molecule has 0 saturated carbocycles. The first-order valence-electron chi connectivity index (χ1n) is 5.94. The summed E-state index contributed by atoms with van der Waals surface area (Å²) in [6, 6.07) is 4.15. The second-order valence-corrected chi connectivity index (χ2v) is 4.88. The summed E-state index contributed by atoms with van der Waals surface area (Å²) in [6.45, 7) is 9.56. The van der Waals surface area contributed by atoms with Crippen LogP contribution in [0.2, 0.25) is 0 Å². The molecule has 1 fully saturated rings. The number of hydrogen-bond donors (Lipinski definition) is 1. The van der Waals surface area contributed by atoms with Crippen molar-refractivity contribution in [2.45, 2.75) is 32.7 Å². The van der Waals surface area contributed by atoms with Gasteiger partial charge in [0, 0.05) is 25.2 Å². The van der Waals surface area contributed by atoms with Crippen LogP contribution in [-0.2, 0) is 6.42 Å². The zero-order chi connectivity index (χ0) is 11.6. The summed E-state index contributed by atoms with van der Waals surface area (Å²) in [5, 5.41) is 12.0. The fourth-order valence-electron chi connectivity index (χ4n) is 2.09. The van der Waals surface area contributed by atoms with Crippen LogP contribution >= 0.6 is 0 Å². The van der Waals surface area contributed by atoms with Crippen LogP contribution in [-0.4, -0.2) is 35.4 Å². The molecule has 0 amide bonds. The van der Waals surface area contributed by atoms with Crippen LogP contribution in [0.1, 0.15) is 26.5 Å². The van der Waals surface area contributed by atoms with E-state index in [2.05, 4.69) is 53.3 Å². The van der Waals surface area contributed by atoms with E-state index in [-0.39, 0.29) is 5.54 Å². The SMILES string of the molecule is CCc1ccc(N2CCNCC2(C)C)nn1. The maximum atomic E-state index is 4.32. The first-order valence-corrected chi connectivity index (χ1v) is 5.94. The van der Waals surface area contributed by atoms with E-state index in [4.69, 9.17) is 0 Å². The lowest BCUT2D eigenvalue weighted by molar-refractivity contribution is 0.377. The molecule has 2 rings (SSSR count). The van der Waals surface area contributed by atoms with Gasteiger partial charge >= 0.3 is 0 Å². The van der Waals surface area contributed by atoms with Gasteiger partial charge < -0.3 is 10.2 Å². The molecule has 0 bridgehead atoms. The molecule has 0 spiro atoms. The molecule has 16 heavy (non-hydrogen) atoms. The average molecular weight is 220 g/mol. The molecule has 1 aliphatic rings.